The predicted octanol–water partition coefficient (Wildman–Crippen LogP) is 2.15. The number of nitrogens with one attached hydrogen (secondary N) is 1. The molecule has 1 aromatic carbocycles. The molecule has 0 amide bonds. The Balaban J connectivity index is 0.000000203. The monoisotopic (exact) mass is 265 g/mol. The highest BCUT2D eigenvalue weighted by atomic mass is 19.4. The number of carboxylic acid groups (broad SMARTS) is 1. The van der Waals surface area contributed by atoms with E-state index in [9.17, 15) is 17.6 Å². The summed E-state index contributed by atoms with van der Waals surface area (Å²) in [7, 11) is 0. The number of carbonyl (C=O) groups is 1. The van der Waals surface area contributed by atoms with Crippen LogP contribution in [0.3, 0.4) is 0 Å². The van der Waals surface area contributed by atoms with Gasteiger partial charge in [0.15, 0.2) is 0 Å². The lowest BCUT2D eigenvalue weighted by Gasteiger charge is -2.27. The SMILES string of the molecule is Fc1ccccc1C1CNC1.O=C(O)C(F)(F)F. The van der Waals surface area contributed by atoms with Crippen molar-refractivity contribution in [1.29, 1.82) is 0 Å². The second-order valence-corrected chi connectivity index (χ2v) is 3.68. The van der Waals surface area contributed by atoms with E-state index in [2.05, 4.69) is 5.32 Å². The average Bonchev–Trinajstić information content (AvgIpc) is 2.18. The zero-order chi connectivity index (χ0) is 13.8. The second-order valence-electron chi connectivity index (χ2n) is 3.68. The first-order chi connectivity index (χ1) is 8.32. The van der Waals surface area contributed by atoms with E-state index in [1.165, 1.54) is 6.07 Å². The highest BCUT2D eigenvalue weighted by molar-refractivity contribution is 5.73. The van der Waals surface area contributed by atoms with Crippen LogP contribution in [0.15, 0.2) is 24.3 Å². The van der Waals surface area contributed by atoms with Crippen LogP contribution in [0.25, 0.3) is 0 Å². The van der Waals surface area contributed by atoms with Gasteiger partial charge in [-0.2, -0.15) is 13.2 Å². The van der Waals surface area contributed by atoms with Crippen molar-refractivity contribution in [3.63, 3.8) is 0 Å². The Bertz CT molecular complexity index is 416. The van der Waals surface area contributed by atoms with Gasteiger partial charge in [-0.1, -0.05) is 18.2 Å². The molecule has 7 heteroatoms. The Morgan fingerprint density at radius 1 is 1.28 bits per heavy atom. The molecule has 1 fully saturated rings. The molecular formula is C11H11F4NO2. The Hall–Kier alpha value is -1.63. The molecule has 0 aliphatic carbocycles. The van der Waals surface area contributed by atoms with E-state index in [4.69, 9.17) is 9.90 Å². The number of alkyl halides is 3. The third kappa shape index (κ3) is 3.99. The van der Waals surface area contributed by atoms with Crippen LogP contribution >= 0.6 is 0 Å². The molecule has 0 saturated carbocycles. The number of halogens is 4. The van der Waals surface area contributed by atoms with Gasteiger partial charge in [0.25, 0.3) is 0 Å². The quantitative estimate of drug-likeness (QED) is 0.765. The number of rotatable bonds is 1. The van der Waals surface area contributed by atoms with Gasteiger partial charge in [0.05, 0.1) is 0 Å². The number of carboxylic acids is 1. The summed E-state index contributed by atoms with van der Waals surface area (Å²) in [4.78, 5) is 8.90. The summed E-state index contributed by atoms with van der Waals surface area (Å²) in [6.07, 6.45) is -5.08. The summed E-state index contributed by atoms with van der Waals surface area (Å²) in [5.74, 6) is -2.43. The van der Waals surface area contributed by atoms with Crippen molar-refractivity contribution >= 4 is 5.97 Å². The van der Waals surface area contributed by atoms with Crippen LogP contribution in [-0.4, -0.2) is 30.3 Å². The van der Waals surface area contributed by atoms with Crippen molar-refractivity contribution < 1.29 is 27.5 Å². The number of benzene rings is 1. The maximum absolute atomic E-state index is 13.0. The summed E-state index contributed by atoms with van der Waals surface area (Å²) in [5, 5.41) is 10.2. The second kappa shape index (κ2) is 5.81. The fraction of sp³-hybridized carbons (Fsp3) is 0.364. The van der Waals surface area contributed by atoms with Gasteiger partial charge < -0.3 is 10.4 Å². The average molecular weight is 265 g/mol. The Kier molecular flexibility index (Phi) is 4.66. The molecule has 1 heterocycles. The minimum atomic E-state index is -5.08. The van der Waals surface area contributed by atoms with Crippen molar-refractivity contribution in [1.82, 2.24) is 5.32 Å². The fourth-order valence-electron chi connectivity index (χ4n) is 1.31. The Labute approximate surface area is 100 Å². The van der Waals surface area contributed by atoms with Crippen molar-refractivity contribution in [3.05, 3.63) is 35.6 Å². The van der Waals surface area contributed by atoms with Crippen LogP contribution in [0.5, 0.6) is 0 Å². The summed E-state index contributed by atoms with van der Waals surface area (Å²) < 4.78 is 44.8. The highest BCUT2D eigenvalue weighted by Gasteiger charge is 2.38. The van der Waals surface area contributed by atoms with Crippen molar-refractivity contribution in [2.75, 3.05) is 13.1 Å². The molecule has 1 aliphatic rings. The summed E-state index contributed by atoms with van der Waals surface area (Å²) in [6.45, 7) is 1.84. The fourth-order valence-corrected chi connectivity index (χ4v) is 1.31. The number of aliphatic carboxylic acids is 1. The van der Waals surface area contributed by atoms with Crippen LogP contribution in [0.4, 0.5) is 17.6 Å². The van der Waals surface area contributed by atoms with Gasteiger partial charge in [0, 0.05) is 19.0 Å². The Morgan fingerprint density at radius 2 is 1.78 bits per heavy atom. The van der Waals surface area contributed by atoms with Crippen molar-refractivity contribution in [2.24, 2.45) is 0 Å². The normalized spacial score (nSPS) is 15.3. The maximum atomic E-state index is 13.0. The Morgan fingerprint density at radius 3 is 2.11 bits per heavy atom. The molecule has 100 valence electrons. The molecule has 0 aromatic heterocycles. The molecule has 2 rings (SSSR count). The molecule has 3 nitrogen and oxygen atoms in total. The highest BCUT2D eigenvalue weighted by Crippen LogP contribution is 2.21. The van der Waals surface area contributed by atoms with E-state index in [0.717, 1.165) is 18.7 Å². The van der Waals surface area contributed by atoms with E-state index < -0.39 is 12.1 Å². The number of hydrogen-bond acceptors (Lipinski definition) is 2. The summed E-state index contributed by atoms with van der Waals surface area (Å²) >= 11 is 0. The molecule has 0 bridgehead atoms. The van der Waals surface area contributed by atoms with E-state index >= 15 is 0 Å². The smallest absolute Gasteiger partial charge is 0.475 e. The zero-order valence-corrected chi connectivity index (χ0v) is 9.17. The molecule has 0 spiro atoms. The third-order valence-corrected chi connectivity index (χ3v) is 2.37. The van der Waals surface area contributed by atoms with E-state index in [1.807, 2.05) is 12.1 Å². The summed E-state index contributed by atoms with van der Waals surface area (Å²) in [5.41, 5.74) is 0.853. The first-order valence-corrected chi connectivity index (χ1v) is 5.07. The molecule has 1 aromatic rings. The van der Waals surface area contributed by atoms with Crippen LogP contribution < -0.4 is 5.32 Å². The van der Waals surface area contributed by atoms with Gasteiger partial charge in [-0.3, -0.25) is 0 Å². The van der Waals surface area contributed by atoms with Gasteiger partial charge in [0.1, 0.15) is 5.82 Å². The molecule has 1 aliphatic heterocycles. The third-order valence-electron chi connectivity index (χ3n) is 2.37. The number of hydrogen-bond donors (Lipinski definition) is 2. The predicted molar refractivity (Wildman–Crippen MR) is 55.7 cm³/mol. The molecule has 1 saturated heterocycles. The van der Waals surface area contributed by atoms with Crippen LogP contribution in [0, 0.1) is 5.82 Å². The molecule has 2 N–H and O–H groups in total. The first kappa shape index (κ1) is 14.4. The largest absolute Gasteiger partial charge is 0.490 e. The lowest BCUT2D eigenvalue weighted by Crippen LogP contribution is -2.40. The standard InChI is InChI=1S/C9H10FN.C2HF3O2/c10-9-4-2-1-3-8(9)7-5-11-6-7;3-2(4,5)1(6)7/h1-4,7,11H,5-6H2;(H,6,7). The van der Waals surface area contributed by atoms with E-state index in [0.29, 0.717) is 5.92 Å². The molecular weight excluding hydrogens is 254 g/mol. The minimum Gasteiger partial charge on any atom is -0.475 e. The molecule has 0 unspecified atom stereocenters. The van der Waals surface area contributed by atoms with Crippen molar-refractivity contribution in [3.8, 4) is 0 Å². The van der Waals surface area contributed by atoms with Gasteiger partial charge >= 0.3 is 12.1 Å². The van der Waals surface area contributed by atoms with Gasteiger partial charge in [-0.25, -0.2) is 9.18 Å². The first-order valence-electron chi connectivity index (χ1n) is 5.07. The van der Waals surface area contributed by atoms with E-state index in [1.54, 1.807) is 6.07 Å². The van der Waals surface area contributed by atoms with Crippen molar-refractivity contribution in [2.45, 2.75) is 12.1 Å². The molecule has 18 heavy (non-hydrogen) atoms. The lowest BCUT2D eigenvalue weighted by atomic mass is 9.93. The minimum absolute atomic E-state index is 0.0704. The summed E-state index contributed by atoms with van der Waals surface area (Å²) in [6, 6.07) is 7.00. The van der Waals surface area contributed by atoms with Crippen LogP contribution in [0.2, 0.25) is 0 Å². The molecule has 0 radical (unpaired) electrons. The maximum Gasteiger partial charge on any atom is 0.490 e. The molecule has 0 atom stereocenters. The lowest BCUT2D eigenvalue weighted by molar-refractivity contribution is -0.192. The van der Waals surface area contributed by atoms with Gasteiger partial charge in [-0.05, 0) is 11.6 Å². The van der Waals surface area contributed by atoms with Crippen LogP contribution in [-0.2, 0) is 4.79 Å². The van der Waals surface area contributed by atoms with Gasteiger partial charge in [0.2, 0.25) is 0 Å². The van der Waals surface area contributed by atoms with Gasteiger partial charge in [-0.15, -0.1) is 0 Å². The van der Waals surface area contributed by atoms with Crippen LogP contribution in [0.1, 0.15) is 11.5 Å². The topological polar surface area (TPSA) is 49.3 Å². The zero-order valence-electron chi connectivity index (χ0n) is 9.17. The van der Waals surface area contributed by atoms with E-state index in [-0.39, 0.29) is 5.82 Å².